The minimum absolute atomic E-state index is 0.125. The molecule has 0 fully saturated rings. The first kappa shape index (κ1) is 17.8. The van der Waals surface area contributed by atoms with Crippen LogP contribution < -0.4 is 20.3 Å². The fourth-order valence-corrected chi connectivity index (χ4v) is 2.48. The van der Waals surface area contributed by atoms with Crippen molar-refractivity contribution in [3.05, 3.63) is 59.7 Å². The zero-order chi connectivity index (χ0) is 17.4. The van der Waals surface area contributed by atoms with Crippen molar-refractivity contribution in [2.24, 2.45) is 0 Å². The van der Waals surface area contributed by atoms with Crippen LogP contribution in [-0.4, -0.2) is 19.7 Å². The summed E-state index contributed by atoms with van der Waals surface area (Å²) in [5, 5.41) is 10.7. The monoisotopic (exact) mass is 329 g/mol. The van der Waals surface area contributed by atoms with Crippen LogP contribution in [0, 0.1) is 0 Å². The minimum Gasteiger partial charge on any atom is -0.550 e. The Morgan fingerprint density at radius 2 is 1.92 bits per heavy atom. The van der Waals surface area contributed by atoms with E-state index in [4.69, 9.17) is 9.47 Å². The molecule has 2 aromatic carbocycles. The van der Waals surface area contributed by atoms with Crippen molar-refractivity contribution in [2.45, 2.75) is 25.3 Å². The number of carboxylic acid groups (broad SMARTS) is 1. The van der Waals surface area contributed by atoms with Crippen molar-refractivity contribution in [1.82, 2.24) is 0 Å². The number of hydrogen-bond donors (Lipinski definition) is 1. The van der Waals surface area contributed by atoms with Gasteiger partial charge in [-0.05, 0) is 36.6 Å². The number of aryl methyl sites for hydroxylation is 1. The van der Waals surface area contributed by atoms with E-state index in [9.17, 15) is 9.90 Å². The SMILES string of the molecule is COc1cc([C@@H]([NH3+])CC(=O)[O-])ccc1OCCCc1ccccc1. The maximum Gasteiger partial charge on any atom is 0.161 e. The van der Waals surface area contributed by atoms with Crippen LogP contribution in [0.3, 0.4) is 0 Å². The molecule has 0 unspecified atom stereocenters. The van der Waals surface area contributed by atoms with Gasteiger partial charge in [-0.3, -0.25) is 0 Å². The molecule has 2 aromatic rings. The Labute approximate surface area is 142 Å². The van der Waals surface area contributed by atoms with E-state index >= 15 is 0 Å². The maximum absolute atomic E-state index is 10.7. The summed E-state index contributed by atoms with van der Waals surface area (Å²) in [7, 11) is 1.56. The summed E-state index contributed by atoms with van der Waals surface area (Å²) < 4.78 is 11.1. The summed E-state index contributed by atoms with van der Waals surface area (Å²) in [6.45, 7) is 0.581. The van der Waals surface area contributed by atoms with Crippen molar-refractivity contribution < 1.29 is 25.1 Å². The second-order valence-corrected chi connectivity index (χ2v) is 5.62. The quantitative estimate of drug-likeness (QED) is 0.699. The molecular weight excluding hydrogens is 306 g/mol. The Bertz CT molecular complexity index is 658. The topological polar surface area (TPSA) is 86.2 Å². The lowest BCUT2D eigenvalue weighted by molar-refractivity contribution is -0.430. The highest BCUT2D eigenvalue weighted by Gasteiger charge is 2.14. The number of ether oxygens (including phenoxy) is 2. The smallest absolute Gasteiger partial charge is 0.161 e. The first-order valence-electron chi connectivity index (χ1n) is 7.97. The highest BCUT2D eigenvalue weighted by atomic mass is 16.5. The van der Waals surface area contributed by atoms with Crippen LogP contribution >= 0.6 is 0 Å². The van der Waals surface area contributed by atoms with E-state index in [-0.39, 0.29) is 12.5 Å². The molecule has 0 heterocycles. The van der Waals surface area contributed by atoms with Crippen molar-refractivity contribution in [1.29, 1.82) is 0 Å². The molecule has 0 aliphatic rings. The predicted molar refractivity (Wildman–Crippen MR) is 88.5 cm³/mol. The van der Waals surface area contributed by atoms with Gasteiger partial charge in [0.2, 0.25) is 0 Å². The van der Waals surface area contributed by atoms with Crippen LogP contribution in [0.4, 0.5) is 0 Å². The van der Waals surface area contributed by atoms with E-state index in [0.717, 1.165) is 18.4 Å². The third kappa shape index (κ3) is 5.28. The van der Waals surface area contributed by atoms with E-state index in [1.54, 1.807) is 19.2 Å². The van der Waals surface area contributed by atoms with Crippen molar-refractivity contribution in [3.63, 3.8) is 0 Å². The number of hydrogen-bond acceptors (Lipinski definition) is 4. The molecule has 0 aliphatic heterocycles. The van der Waals surface area contributed by atoms with E-state index in [2.05, 4.69) is 17.9 Å². The number of benzene rings is 2. The molecule has 0 saturated heterocycles. The molecule has 1 atom stereocenters. The number of carbonyl (C=O) groups excluding carboxylic acids is 1. The Balaban J connectivity index is 1.91. The minimum atomic E-state index is -1.12. The molecule has 0 saturated carbocycles. The molecule has 5 heteroatoms. The Morgan fingerprint density at radius 3 is 2.58 bits per heavy atom. The molecule has 2 rings (SSSR count). The molecule has 24 heavy (non-hydrogen) atoms. The lowest BCUT2D eigenvalue weighted by atomic mass is 10.0. The summed E-state index contributed by atoms with van der Waals surface area (Å²) >= 11 is 0. The molecular formula is C19H23NO4. The fourth-order valence-electron chi connectivity index (χ4n) is 2.48. The van der Waals surface area contributed by atoms with Gasteiger partial charge in [0.05, 0.1) is 13.7 Å². The van der Waals surface area contributed by atoms with E-state index in [0.29, 0.717) is 18.1 Å². The first-order valence-corrected chi connectivity index (χ1v) is 7.97. The van der Waals surface area contributed by atoms with Crippen LogP contribution in [0.5, 0.6) is 11.5 Å². The van der Waals surface area contributed by atoms with Gasteiger partial charge in [0.25, 0.3) is 0 Å². The molecule has 0 radical (unpaired) electrons. The zero-order valence-electron chi connectivity index (χ0n) is 13.9. The Hall–Kier alpha value is -2.53. The Kier molecular flexibility index (Phi) is 6.63. The molecule has 3 N–H and O–H groups in total. The number of quaternary nitrogens is 1. The standard InChI is InChI=1S/C19H23NO4/c1-23-18-12-15(16(20)13-19(21)22)9-10-17(18)24-11-5-8-14-6-3-2-4-7-14/h2-4,6-7,9-10,12,16H,5,8,11,13,20H2,1H3,(H,21,22)/t16-/m0/s1. The van der Waals surface area contributed by atoms with Gasteiger partial charge in [-0.25, -0.2) is 0 Å². The van der Waals surface area contributed by atoms with E-state index in [1.165, 1.54) is 5.56 Å². The molecule has 0 spiro atoms. The van der Waals surface area contributed by atoms with Crippen LogP contribution in [0.15, 0.2) is 48.5 Å². The second-order valence-electron chi connectivity index (χ2n) is 5.62. The molecule has 5 nitrogen and oxygen atoms in total. The van der Waals surface area contributed by atoms with E-state index in [1.807, 2.05) is 24.3 Å². The second kappa shape index (κ2) is 8.93. The van der Waals surface area contributed by atoms with E-state index < -0.39 is 5.97 Å². The number of carbonyl (C=O) groups is 1. The highest BCUT2D eigenvalue weighted by Crippen LogP contribution is 2.30. The largest absolute Gasteiger partial charge is 0.550 e. The van der Waals surface area contributed by atoms with Gasteiger partial charge in [-0.2, -0.15) is 0 Å². The molecule has 128 valence electrons. The summed E-state index contributed by atoms with van der Waals surface area (Å²) in [5.41, 5.74) is 5.91. The maximum atomic E-state index is 10.7. The average Bonchev–Trinajstić information content (AvgIpc) is 2.59. The van der Waals surface area contributed by atoms with Gasteiger partial charge in [-0.1, -0.05) is 30.3 Å². The number of carboxylic acids is 1. The summed E-state index contributed by atoms with van der Waals surface area (Å²) in [6.07, 6.45) is 1.73. The zero-order valence-corrected chi connectivity index (χ0v) is 13.9. The van der Waals surface area contributed by atoms with Gasteiger partial charge in [-0.15, -0.1) is 0 Å². The van der Waals surface area contributed by atoms with Crippen LogP contribution in [-0.2, 0) is 11.2 Å². The highest BCUT2D eigenvalue weighted by molar-refractivity contribution is 5.65. The van der Waals surface area contributed by atoms with Gasteiger partial charge >= 0.3 is 0 Å². The first-order chi connectivity index (χ1) is 11.6. The molecule has 0 aliphatic carbocycles. The van der Waals surface area contributed by atoms with Gasteiger partial charge in [0.1, 0.15) is 6.04 Å². The molecule has 0 bridgehead atoms. The Morgan fingerprint density at radius 1 is 1.17 bits per heavy atom. The van der Waals surface area contributed by atoms with Gasteiger partial charge in [0.15, 0.2) is 11.5 Å². The van der Waals surface area contributed by atoms with Crippen molar-refractivity contribution in [3.8, 4) is 11.5 Å². The van der Waals surface area contributed by atoms with Crippen LogP contribution in [0.2, 0.25) is 0 Å². The molecule has 0 amide bonds. The average molecular weight is 329 g/mol. The third-order valence-corrected chi connectivity index (χ3v) is 3.78. The lowest BCUT2D eigenvalue weighted by Crippen LogP contribution is -2.55. The van der Waals surface area contributed by atoms with Crippen LogP contribution in [0.25, 0.3) is 0 Å². The van der Waals surface area contributed by atoms with Crippen molar-refractivity contribution in [2.75, 3.05) is 13.7 Å². The number of methoxy groups -OCH3 is 1. The molecule has 0 aromatic heterocycles. The fraction of sp³-hybridized carbons (Fsp3) is 0.316. The van der Waals surface area contributed by atoms with Crippen LogP contribution in [0.1, 0.15) is 30.0 Å². The number of aliphatic carboxylic acids is 1. The van der Waals surface area contributed by atoms with Crippen molar-refractivity contribution >= 4 is 5.97 Å². The third-order valence-electron chi connectivity index (χ3n) is 3.78. The van der Waals surface area contributed by atoms with Gasteiger partial charge < -0.3 is 25.1 Å². The van der Waals surface area contributed by atoms with Gasteiger partial charge in [0, 0.05) is 18.0 Å². The summed E-state index contributed by atoms with van der Waals surface area (Å²) in [4.78, 5) is 10.7. The normalized spacial score (nSPS) is 11.8. The number of rotatable bonds is 9. The predicted octanol–water partition coefficient (Wildman–Crippen LogP) is 1.13. The summed E-state index contributed by atoms with van der Waals surface area (Å²) in [6, 6.07) is 15.3. The lowest BCUT2D eigenvalue weighted by Gasteiger charge is -2.14. The summed E-state index contributed by atoms with van der Waals surface area (Å²) in [5.74, 6) is 0.115.